The molecule has 0 unspecified atom stereocenters. The number of anilines is 1. The summed E-state index contributed by atoms with van der Waals surface area (Å²) in [6, 6.07) is 12.4. The van der Waals surface area contributed by atoms with Gasteiger partial charge in [-0.05, 0) is 53.6 Å². The number of benzene rings is 2. The molecule has 3 aromatic rings. The highest BCUT2D eigenvalue weighted by atomic mass is 16.5. The molecule has 0 bridgehead atoms. The van der Waals surface area contributed by atoms with Gasteiger partial charge in [-0.3, -0.25) is 4.98 Å². The third-order valence-corrected chi connectivity index (χ3v) is 3.47. The van der Waals surface area contributed by atoms with Crippen molar-refractivity contribution in [2.45, 2.75) is 13.2 Å². The van der Waals surface area contributed by atoms with E-state index < -0.39 is 0 Å². The van der Waals surface area contributed by atoms with Crippen molar-refractivity contribution in [3.63, 3.8) is 0 Å². The number of hydrogen-bond acceptors (Lipinski definition) is 5. The van der Waals surface area contributed by atoms with Crippen LogP contribution in [0.1, 0.15) is 11.1 Å². The van der Waals surface area contributed by atoms with Crippen molar-refractivity contribution < 1.29 is 14.9 Å². The highest BCUT2D eigenvalue weighted by Crippen LogP contribution is 2.31. The molecule has 0 saturated heterocycles. The molecule has 0 radical (unpaired) electrons. The van der Waals surface area contributed by atoms with E-state index in [4.69, 9.17) is 10.5 Å². The minimum absolute atomic E-state index is 0.142. The molecule has 0 atom stereocenters. The zero-order chi connectivity index (χ0) is 15.5. The Kier molecular flexibility index (Phi) is 3.91. The summed E-state index contributed by atoms with van der Waals surface area (Å²) in [5.74, 6) is 1.30. The predicted octanol–water partition coefficient (Wildman–Crippen LogP) is 2.59. The number of nitrogens with zero attached hydrogens (tertiary/aromatic N) is 1. The number of ether oxygens (including phenoxy) is 1. The summed E-state index contributed by atoms with van der Waals surface area (Å²) in [6.07, 6.45) is 1.65. The van der Waals surface area contributed by atoms with Gasteiger partial charge in [0.2, 0.25) is 0 Å². The molecule has 0 spiro atoms. The topological polar surface area (TPSA) is 88.6 Å². The first-order valence-electron chi connectivity index (χ1n) is 6.87. The Hall–Kier alpha value is -2.63. The number of pyridine rings is 1. The van der Waals surface area contributed by atoms with Gasteiger partial charge in [0.1, 0.15) is 11.5 Å². The molecule has 0 aliphatic heterocycles. The number of nitrogen functional groups attached to an aromatic ring is 1. The van der Waals surface area contributed by atoms with Crippen molar-refractivity contribution in [1.29, 1.82) is 0 Å². The van der Waals surface area contributed by atoms with E-state index in [2.05, 4.69) is 4.98 Å². The molecule has 5 heteroatoms. The van der Waals surface area contributed by atoms with Crippen molar-refractivity contribution in [2.24, 2.45) is 0 Å². The van der Waals surface area contributed by atoms with E-state index in [1.165, 1.54) is 0 Å². The number of aliphatic hydroxyl groups is 2. The summed E-state index contributed by atoms with van der Waals surface area (Å²) in [6.45, 7) is -0.293. The number of aromatic nitrogens is 1. The maximum absolute atomic E-state index is 9.43. The standard InChI is InChI=1S/C17H16N2O3/c18-13-1-3-14(4-2-13)22-17-5-6-19-16-8-12(10-21)11(9-20)7-15(16)17/h1-8,20-21H,9-10,18H2. The van der Waals surface area contributed by atoms with Crippen LogP contribution in [-0.4, -0.2) is 15.2 Å². The van der Waals surface area contributed by atoms with Crippen LogP contribution in [-0.2, 0) is 13.2 Å². The number of fused-ring (bicyclic) bond motifs is 1. The lowest BCUT2D eigenvalue weighted by Gasteiger charge is -2.12. The second-order valence-corrected chi connectivity index (χ2v) is 4.93. The summed E-state index contributed by atoms with van der Waals surface area (Å²) < 4.78 is 5.88. The van der Waals surface area contributed by atoms with Crippen molar-refractivity contribution in [3.8, 4) is 11.5 Å². The van der Waals surface area contributed by atoms with E-state index in [0.717, 1.165) is 5.39 Å². The van der Waals surface area contributed by atoms with Crippen LogP contribution in [0.5, 0.6) is 11.5 Å². The maximum Gasteiger partial charge on any atom is 0.138 e. The molecule has 2 aromatic carbocycles. The molecule has 112 valence electrons. The van der Waals surface area contributed by atoms with Gasteiger partial charge in [-0.25, -0.2) is 0 Å². The molecule has 3 rings (SSSR count). The molecule has 0 fully saturated rings. The SMILES string of the molecule is Nc1ccc(Oc2ccnc3cc(CO)c(CO)cc23)cc1. The zero-order valence-electron chi connectivity index (χ0n) is 11.9. The minimum atomic E-state index is -0.151. The highest BCUT2D eigenvalue weighted by molar-refractivity contribution is 5.86. The smallest absolute Gasteiger partial charge is 0.138 e. The fourth-order valence-electron chi connectivity index (χ4n) is 2.30. The Bertz CT molecular complexity index is 801. The minimum Gasteiger partial charge on any atom is -0.457 e. The van der Waals surface area contributed by atoms with Gasteiger partial charge in [-0.15, -0.1) is 0 Å². The Morgan fingerprint density at radius 1 is 0.955 bits per heavy atom. The van der Waals surface area contributed by atoms with Crippen molar-refractivity contribution in [3.05, 3.63) is 59.8 Å². The highest BCUT2D eigenvalue weighted by Gasteiger charge is 2.09. The monoisotopic (exact) mass is 296 g/mol. The van der Waals surface area contributed by atoms with Gasteiger partial charge in [-0.2, -0.15) is 0 Å². The molecule has 22 heavy (non-hydrogen) atoms. The van der Waals surface area contributed by atoms with Crippen LogP contribution in [0.4, 0.5) is 5.69 Å². The summed E-state index contributed by atoms with van der Waals surface area (Å²) >= 11 is 0. The van der Waals surface area contributed by atoms with Gasteiger partial charge in [0.25, 0.3) is 0 Å². The Morgan fingerprint density at radius 3 is 2.32 bits per heavy atom. The third kappa shape index (κ3) is 2.72. The fourth-order valence-corrected chi connectivity index (χ4v) is 2.30. The second kappa shape index (κ2) is 6.01. The van der Waals surface area contributed by atoms with E-state index in [-0.39, 0.29) is 13.2 Å². The number of hydrogen-bond donors (Lipinski definition) is 3. The summed E-state index contributed by atoms with van der Waals surface area (Å²) in [5.41, 5.74) is 8.35. The molecular formula is C17H16N2O3. The Morgan fingerprint density at radius 2 is 1.64 bits per heavy atom. The first kappa shape index (κ1) is 14.3. The Balaban J connectivity index is 2.07. The average molecular weight is 296 g/mol. The largest absolute Gasteiger partial charge is 0.457 e. The van der Waals surface area contributed by atoms with E-state index in [1.807, 2.05) is 0 Å². The van der Waals surface area contributed by atoms with Crippen molar-refractivity contribution in [1.82, 2.24) is 4.98 Å². The van der Waals surface area contributed by atoms with Gasteiger partial charge in [0, 0.05) is 17.3 Å². The van der Waals surface area contributed by atoms with Crippen LogP contribution < -0.4 is 10.5 Å². The molecular weight excluding hydrogens is 280 g/mol. The van der Waals surface area contributed by atoms with E-state index in [0.29, 0.717) is 33.8 Å². The van der Waals surface area contributed by atoms with Crippen molar-refractivity contribution in [2.75, 3.05) is 5.73 Å². The van der Waals surface area contributed by atoms with E-state index in [1.54, 1.807) is 48.7 Å². The summed E-state index contributed by atoms with van der Waals surface area (Å²) in [7, 11) is 0. The molecule has 1 aromatic heterocycles. The molecule has 1 heterocycles. The van der Waals surface area contributed by atoms with Gasteiger partial charge in [0.05, 0.1) is 18.7 Å². The molecule has 0 aliphatic rings. The lowest BCUT2D eigenvalue weighted by molar-refractivity contribution is 0.260. The summed E-state index contributed by atoms with van der Waals surface area (Å²) in [4.78, 5) is 4.29. The van der Waals surface area contributed by atoms with Crippen LogP contribution in [0.3, 0.4) is 0 Å². The zero-order valence-corrected chi connectivity index (χ0v) is 11.9. The van der Waals surface area contributed by atoms with Crippen LogP contribution in [0.15, 0.2) is 48.7 Å². The lowest BCUT2D eigenvalue weighted by atomic mass is 10.0. The van der Waals surface area contributed by atoms with Gasteiger partial charge in [-0.1, -0.05) is 0 Å². The maximum atomic E-state index is 9.43. The predicted molar refractivity (Wildman–Crippen MR) is 84.5 cm³/mol. The van der Waals surface area contributed by atoms with E-state index in [9.17, 15) is 10.2 Å². The number of aliphatic hydroxyl groups excluding tert-OH is 2. The van der Waals surface area contributed by atoms with Gasteiger partial charge < -0.3 is 20.7 Å². The van der Waals surface area contributed by atoms with Crippen LogP contribution >= 0.6 is 0 Å². The first-order valence-corrected chi connectivity index (χ1v) is 6.87. The first-order chi connectivity index (χ1) is 10.7. The molecule has 4 N–H and O–H groups in total. The number of nitrogens with two attached hydrogens (primary N) is 1. The van der Waals surface area contributed by atoms with E-state index >= 15 is 0 Å². The lowest BCUT2D eigenvalue weighted by Crippen LogP contribution is -1.96. The van der Waals surface area contributed by atoms with Crippen LogP contribution in [0.2, 0.25) is 0 Å². The normalized spacial score (nSPS) is 10.8. The van der Waals surface area contributed by atoms with Crippen molar-refractivity contribution >= 4 is 16.6 Å². The second-order valence-electron chi connectivity index (χ2n) is 4.93. The third-order valence-electron chi connectivity index (χ3n) is 3.47. The average Bonchev–Trinajstić information content (AvgIpc) is 2.56. The molecule has 5 nitrogen and oxygen atoms in total. The van der Waals surface area contributed by atoms with Gasteiger partial charge >= 0.3 is 0 Å². The molecule has 0 saturated carbocycles. The fraction of sp³-hybridized carbons (Fsp3) is 0.118. The number of rotatable bonds is 4. The quantitative estimate of drug-likeness (QED) is 0.644. The Labute approximate surface area is 127 Å². The molecule has 0 aliphatic carbocycles. The summed E-state index contributed by atoms with van der Waals surface area (Å²) in [5, 5.41) is 19.6. The molecule has 0 amide bonds. The van der Waals surface area contributed by atoms with Crippen LogP contribution in [0, 0.1) is 0 Å². The van der Waals surface area contributed by atoms with Gasteiger partial charge in [0.15, 0.2) is 0 Å². The van der Waals surface area contributed by atoms with Crippen LogP contribution in [0.25, 0.3) is 10.9 Å².